The molecule has 1 heterocycles. The zero-order chi connectivity index (χ0) is 18.1. The Labute approximate surface area is 151 Å². The van der Waals surface area contributed by atoms with Crippen LogP contribution in [0.15, 0.2) is 24.3 Å². The topological polar surface area (TPSA) is 50.8 Å². The van der Waals surface area contributed by atoms with Gasteiger partial charge in [0.15, 0.2) is 0 Å². The van der Waals surface area contributed by atoms with E-state index in [0.717, 1.165) is 43.9 Å². The molecule has 2 rings (SSSR count). The third-order valence-electron chi connectivity index (χ3n) is 4.51. The lowest BCUT2D eigenvalue weighted by Crippen LogP contribution is -2.38. The van der Waals surface area contributed by atoms with Crippen LogP contribution in [0.2, 0.25) is 0 Å². The van der Waals surface area contributed by atoms with Gasteiger partial charge in [-0.05, 0) is 43.5 Å². The molecule has 1 aliphatic heterocycles. The maximum Gasteiger partial charge on any atom is 0.220 e. The number of likely N-dealkylation sites (N-methyl/N-ethyl adjacent to an activating group) is 1. The minimum absolute atomic E-state index is 0.0967. The molecule has 1 amide bonds. The highest BCUT2D eigenvalue weighted by molar-refractivity contribution is 5.76. The summed E-state index contributed by atoms with van der Waals surface area (Å²) in [6, 6.07) is 8.55. The molecule has 1 fully saturated rings. The van der Waals surface area contributed by atoms with E-state index < -0.39 is 0 Å². The molecule has 0 atom stereocenters. The van der Waals surface area contributed by atoms with Gasteiger partial charge in [0, 0.05) is 38.8 Å². The molecule has 1 aliphatic rings. The number of hydrogen-bond donors (Lipinski definition) is 1. The molecular formula is C20H32N2O3. The van der Waals surface area contributed by atoms with Crippen LogP contribution in [0.25, 0.3) is 0 Å². The van der Waals surface area contributed by atoms with Crippen molar-refractivity contribution in [3.8, 4) is 5.75 Å². The molecule has 1 aromatic carbocycles. The van der Waals surface area contributed by atoms with Gasteiger partial charge in [0.25, 0.3) is 0 Å². The van der Waals surface area contributed by atoms with E-state index in [4.69, 9.17) is 9.47 Å². The van der Waals surface area contributed by atoms with Crippen molar-refractivity contribution in [2.75, 3.05) is 33.4 Å². The first-order chi connectivity index (χ1) is 12.0. The standard InChI is InChI=1S/C20H32N2O3/c1-16(2)13-20(23)21-15-17-5-4-6-19(14-17)25-12-9-22(3)18-7-10-24-11-8-18/h4-6,14,16,18H,7-13,15H2,1-3H3,(H,21,23). The quantitative estimate of drug-likeness (QED) is 0.746. The Morgan fingerprint density at radius 2 is 2.12 bits per heavy atom. The number of rotatable bonds is 9. The molecule has 1 saturated heterocycles. The number of benzene rings is 1. The Hall–Kier alpha value is -1.59. The molecule has 0 aliphatic carbocycles. The summed E-state index contributed by atoms with van der Waals surface area (Å²) in [5, 5.41) is 2.96. The fraction of sp³-hybridized carbons (Fsp3) is 0.650. The Kier molecular flexibility index (Phi) is 8.22. The zero-order valence-electron chi connectivity index (χ0n) is 15.8. The van der Waals surface area contributed by atoms with Gasteiger partial charge in [-0.1, -0.05) is 26.0 Å². The van der Waals surface area contributed by atoms with E-state index in [0.29, 0.717) is 31.5 Å². The first-order valence-corrected chi connectivity index (χ1v) is 9.31. The van der Waals surface area contributed by atoms with Gasteiger partial charge >= 0.3 is 0 Å². The zero-order valence-corrected chi connectivity index (χ0v) is 15.8. The number of hydrogen-bond acceptors (Lipinski definition) is 4. The van der Waals surface area contributed by atoms with E-state index in [9.17, 15) is 4.79 Å². The number of nitrogens with one attached hydrogen (secondary N) is 1. The summed E-state index contributed by atoms with van der Waals surface area (Å²) in [6.07, 6.45) is 2.76. The fourth-order valence-corrected chi connectivity index (χ4v) is 3.00. The van der Waals surface area contributed by atoms with E-state index in [-0.39, 0.29) is 5.91 Å². The highest BCUT2D eigenvalue weighted by atomic mass is 16.5. The molecule has 25 heavy (non-hydrogen) atoms. The van der Waals surface area contributed by atoms with Crippen molar-refractivity contribution in [3.05, 3.63) is 29.8 Å². The molecule has 5 nitrogen and oxygen atoms in total. The van der Waals surface area contributed by atoms with Gasteiger partial charge in [0.05, 0.1) is 0 Å². The van der Waals surface area contributed by atoms with Crippen LogP contribution in [0.5, 0.6) is 5.75 Å². The highest BCUT2D eigenvalue weighted by Gasteiger charge is 2.17. The van der Waals surface area contributed by atoms with Gasteiger partial charge in [-0.25, -0.2) is 0 Å². The van der Waals surface area contributed by atoms with Crippen molar-refractivity contribution in [1.29, 1.82) is 0 Å². The van der Waals surface area contributed by atoms with Crippen LogP contribution in [-0.2, 0) is 16.1 Å². The average Bonchev–Trinajstić information content (AvgIpc) is 2.60. The number of amides is 1. The van der Waals surface area contributed by atoms with E-state index in [1.54, 1.807) is 0 Å². The normalized spacial score (nSPS) is 15.6. The predicted molar refractivity (Wildman–Crippen MR) is 99.7 cm³/mol. The SMILES string of the molecule is CC(C)CC(=O)NCc1cccc(OCCN(C)C2CCOCC2)c1. The maximum atomic E-state index is 11.8. The van der Waals surface area contributed by atoms with E-state index in [2.05, 4.69) is 17.3 Å². The Morgan fingerprint density at radius 3 is 2.84 bits per heavy atom. The number of carbonyl (C=O) groups excluding carboxylic acids is 1. The average molecular weight is 348 g/mol. The lowest BCUT2D eigenvalue weighted by Gasteiger charge is -2.31. The van der Waals surface area contributed by atoms with Crippen molar-refractivity contribution < 1.29 is 14.3 Å². The molecule has 0 bridgehead atoms. The summed E-state index contributed by atoms with van der Waals surface area (Å²) in [6.45, 7) is 7.93. The second kappa shape index (κ2) is 10.4. The lowest BCUT2D eigenvalue weighted by molar-refractivity contribution is -0.121. The Morgan fingerprint density at radius 1 is 1.36 bits per heavy atom. The lowest BCUT2D eigenvalue weighted by atomic mass is 10.1. The smallest absolute Gasteiger partial charge is 0.220 e. The minimum atomic E-state index is 0.0967. The fourth-order valence-electron chi connectivity index (χ4n) is 3.00. The van der Waals surface area contributed by atoms with E-state index >= 15 is 0 Å². The van der Waals surface area contributed by atoms with Gasteiger partial charge in [-0.2, -0.15) is 0 Å². The summed E-state index contributed by atoms with van der Waals surface area (Å²) in [4.78, 5) is 14.1. The Bertz CT molecular complexity index is 527. The minimum Gasteiger partial charge on any atom is -0.492 e. The van der Waals surface area contributed by atoms with E-state index in [1.807, 2.05) is 38.1 Å². The van der Waals surface area contributed by atoms with Gasteiger partial charge in [0.1, 0.15) is 12.4 Å². The molecular weight excluding hydrogens is 316 g/mol. The summed E-state index contributed by atoms with van der Waals surface area (Å²) < 4.78 is 11.3. The Balaban J connectivity index is 1.72. The van der Waals surface area contributed by atoms with Crippen LogP contribution < -0.4 is 10.1 Å². The van der Waals surface area contributed by atoms with Crippen LogP contribution in [0.4, 0.5) is 0 Å². The van der Waals surface area contributed by atoms with Crippen molar-refractivity contribution >= 4 is 5.91 Å². The highest BCUT2D eigenvalue weighted by Crippen LogP contribution is 2.15. The summed E-state index contributed by atoms with van der Waals surface area (Å²) >= 11 is 0. The molecule has 0 spiro atoms. The van der Waals surface area contributed by atoms with Gasteiger partial charge in [0.2, 0.25) is 5.91 Å². The van der Waals surface area contributed by atoms with Crippen molar-refractivity contribution in [3.63, 3.8) is 0 Å². The molecule has 140 valence electrons. The van der Waals surface area contributed by atoms with Crippen LogP contribution >= 0.6 is 0 Å². The van der Waals surface area contributed by atoms with Gasteiger partial charge in [-0.15, -0.1) is 0 Å². The summed E-state index contributed by atoms with van der Waals surface area (Å²) in [7, 11) is 2.15. The molecule has 0 radical (unpaired) electrons. The molecule has 0 unspecified atom stereocenters. The summed E-state index contributed by atoms with van der Waals surface area (Å²) in [5.74, 6) is 1.33. The molecule has 1 aromatic rings. The summed E-state index contributed by atoms with van der Waals surface area (Å²) in [5.41, 5.74) is 1.06. The third kappa shape index (κ3) is 7.45. The first kappa shape index (κ1) is 19.7. The maximum absolute atomic E-state index is 11.8. The van der Waals surface area contributed by atoms with Crippen LogP contribution in [-0.4, -0.2) is 50.3 Å². The largest absolute Gasteiger partial charge is 0.492 e. The first-order valence-electron chi connectivity index (χ1n) is 9.31. The molecule has 5 heteroatoms. The van der Waals surface area contributed by atoms with Crippen molar-refractivity contribution in [1.82, 2.24) is 10.2 Å². The molecule has 1 N–H and O–H groups in total. The van der Waals surface area contributed by atoms with Crippen molar-refractivity contribution in [2.45, 2.75) is 45.7 Å². The molecule has 0 aromatic heterocycles. The van der Waals surface area contributed by atoms with Crippen LogP contribution in [0, 0.1) is 5.92 Å². The monoisotopic (exact) mass is 348 g/mol. The van der Waals surface area contributed by atoms with Crippen LogP contribution in [0.1, 0.15) is 38.7 Å². The number of nitrogens with zero attached hydrogens (tertiary/aromatic N) is 1. The third-order valence-corrected chi connectivity index (χ3v) is 4.51. The molecule has 0 saturated carbocycles. The van der Waals surface area contributed by atoms with Crippen molar-refractivity contribution in [2.24, 2.45) is 5.92 Å². The number of ether oxygens (including phenoxy) is 2. The predicted octanol–water partition coefficient (Wildman–Crippen LogP) is 2.84. The second-order valence-corrected chi connectivity index (χ2v) is 7.19. The second-order valence-electron chi connectivity index (χ2n) is 7.19. The van der Waals surface area contributed by atoms with Gasteiger partial charge in [-0.3, -0.25) is 9.69 Å². The van der Waals surface area contributed by atoms with Crippen LogP contribution in [0.3, 0.4) is 0 Å². The number of carbonyl (C=O) groups is 1. The van der Waals surface area contributed by atoms with E-state index in [1.165, 1.54) is 0 Å². The van der Waals surface area contributed by atoms with Gasteiger partial charge < -0.3 is 14.8 Å².